The maximum atomic E-state index is 14.9. The maximum absolute atomic E-state index is 14.9. The number of carbonyl (C=O) groups is 2. The molecule has 2 aliphatic rings. The molecule has 0 bridgehead atoms. The Bertz CT molecular complexity index is 2000. The number of aliphatic imine (C=N–C) groups is 1. The van der Waals surface area contributed by atoms with E-state index < -0.39 is 53.9 Å². The molecule has 274 valence electrons. The summed E-state index contributed by atoms with van der Waals surface area (Å²) in [5, 5.41) is 9.23. The Morgan fingerprint density at radius 3 is 2.35 bits per heavy atom. The monoisotopic (exact) mass is 745 g/mol. The Hall–Kier alpha value is -5.19. The summed E-state index contributed by atoms with van der Waals surface area (Å²) in [6.45, 7) is 1.99. The molecule has 52 heavy (non-hydrogen) atoms. The highest BCUT2D eigenvalue weighted by Crippen LogP contribution is 2.49. The summed E-state index contributed by atoms with van der Waals surface area (Å²) < 4.78 is 74.4. The van der Waals surface area contributed by atoms with Crippen molar-refractivity contribution in [1.82, 2.24) is 34.9 Å². The van der Waals surface area contributed by atoms with Crippen molar-refractivity contribution in [2.45, 2.75) is 69.9 Å². The van der Waals surface area contributed by atoms with Gasteiger partial charge >= 0.3 is 18.8 Å². The molecule has 2 atom stereocenters. The fourth-order valence-corrected chi connectivity index (χ4v) is 6.43. The number of amides is 2. The van der Waals surface area contributed by atoms with E-state index in [9.17, 15) is 31.5 Å². The molecule has 2 aromatic heterocycles. The Balaban J connectivity index is 1.41. The summed E-state index contributed by atoms with van der Waals surface area (Å²) in [6.07, 6.45) is -2.59. The number of aromatic nitrogens is 5. The first kappa shape index (κ1) is 36.6. The maximum Gasteiger partial charge on any atom is 0.411 e. The van der Waals surface area contributed by atoms with Gasteiger partial charge in [-0.05, 0) is 54.0 Å². The molecule has 1 aliphatic heterocycles. The van der Waals surface area contributed by atoms with E-state index in [2.05, 4.69) is 20.2 Å². The number of hydrogen-bond acceptors (Lipinski definition) is 9. The zero-order valence-corrected chi connectivity index (χ0v) is 28.8. The minimum Gasteiger partial charge on any atom is -0.447 e. The number of halogens is 6. The molecule has 3 heterocycles. The summed E-state index contributed by atoms with van der Waals surface area (Å²) in [7, 11) is 0. The van der Waals surface area contributed by atoms with E-state index in [0.29, 0.717) is 21.5 Å². The van der Waals surface area contributed by atoms with Gasteiger partial charge in [-0.3, -0.25) is 14.3 Å². The van der Waals surface area contributed by atoms with Gasteiger partial charge in [0.15, 0.2) is 23.1 Å². The zero-order chi connectivity index (χ0) is 37.6. The third kappa shape index (κ3) is 7.00. The van der Waals surface area contributed by atoms with Crippen molar-refractivity contribution < 1.29 is 36.3 Å². The summed E-state index contributed by atoms with van der Waals surface area (Å²) in [5.41, 5.74) is 3.31. The van der Waals surface area contributed by atoms with Gasteiger partial charge in [-0.2, -0.15) is 22.0 Å². The van der Waals surface area contributed by atoms with E-state index in [4.69, 9.17) is 27.1 Å². The number of benzene rings is 2. The van der Waals surface area contributed by atoms with E-state index in [1.807, 2.05) is 26.1 Å². The lowest BCUT2D eigenvalue weighted by molar-refractivity contribution is -0.164. The van der Waals surface area contributed by atoms with Gasteiger partial charge < -0.3 is 15.8 Å². The summed E-state index contributed by atoms with van der Waals surface area (Å²) in [5.74, 6) is -0.755. The SMILES string of the molecule is CC(C)(C)C[C@]1(c2ccc(-c3ncccn3)cc2)N=C(N)N([C@H](COC(=O)NC2(C(F)(F)F)CC2)c2ccc(Cl)c(-c3nncn3C(F)F)c2)C1=O. The van der Waals surface area contributed by atoms with Crippen LogP contribution in [0.1, 0.15) is 63.8 Å². The number of guanidine groups is 1. The van der Waals surface area contributed by atoms with Crippen LogP contribution in [0.25, 0.3) is 22.8 Å². The molecule has 1 saturated carbocycles. The number of alkyl carbamates (subject to hydrolysis) is 1. The van der Waals surface area contributed by atoms with Gasteiger partial charge in [-0.25, -0.2) is 19.8 Å². The molecule has 1 fully saturated rings. The van der Waals surface area contributed by atoms with Crippen molar-refractivity contribution in [2.24, 2.45) is 16.1 Å². The Labute approximate surface area is 299 Å². The lowest BCUT2D eigenvalue weighted by Crippen LogP contribution is -2.50. The van der Waals surface area contributed by atoms with Gasteiger partial charge in [0.2, 0.25) is 0 Å². The molecule has 18 heteroatoms. The molecule has 2 amide bonds. The Morgan fingerprint density at radius 1 is 1.08 bits per heavy atom. The van der Waals surface area contributed by atoms with Crippen LogP contribution >= 0.6 is 11.6 Å². The number of alkyl halides is 5. The molecule has 4 aromatic rings. The lowest BCUT2D eigenvalue weighted by Gasteiger charge is -2.35. The molecule has 3 N–H and O–H groups in total. The van der Waals surface area contributed by atoms with Crippen molar-refractivity contribution >= 4 is 29.6 Å². The van der Waals surface area contributed by atoms with Gasteiger partial charge in [-0.15, -0.1) is 10.2 Å². The fraction of sp³-hybridized carbons (Fsp3) is 0.382. The summed E-state index contributed by atoms with van der Waals surface area (Å²) >= 11 is 6.43. The van der Waals surface area contributed by atoms with Crippen molar-refractivity contribution in [1.29, 1.82) is 0 Å². The van der Waals surface area contributed by atoms with Crippen molar-refractivity contribution in [3.63, 3.8) is 0 Å². The predicted octanol–water partition coefficient (Wildman–Crippen LogP) is 6.80. The first-order valence-electron chi connectivity index (χ1n) is 16.0. The van der Waals surface area contributed by atoms with Crippen LogP contribution in [0.15, 0.2) is 72.2 Å². The topological polar surface area (TPSA) is 154 Å². The highest BCUT2D eigenvalue weighted by atomic mass is 35.5. The molecule has 0 unspecified atom stereocenters. The molecular formula is C34H33ClF5N9O3. The zero-order valence-electron chi connectivity index (χ0n) is 28.0. The molecule has 2 aromatic carbocycles. The molecule has 0 spiro atoms. The van der Waals surface area contributed by atoms with Gasteiger partial charge in [0.1, 0.15) is 18.5 Å². The largest absolute Gasteiger partial charge is 0.447 e. The highest BCUT2D eigenvalue weighted by Gasteiger charge is 2.64. The molecule has 0 saturated heterocycles. The van der Waals surface area contributed by atoms with E-state index in [1.54, 1.807) is 42.7 Å². The van der Waals surface area contributed by atoms with Crippen LogP contribution in [-0.4, -0.2) is 65.9 Å². The average molecular weight is 746 g/mol. The van der Waals surface area contributed by atoms with Crippen LogP contribution in [0.3, 0.4) is 0 Å². The number of nitrogens with one attached hydrogen (secondary N) is 1. The van der Waals surface area contributed by atoms with E-state index in [0.717, 1.165) is 11.2 Å². The van der Waals surface area contributed by atoms with Gasteiger partial charge in [-0.1, -0.05) is 62.7 Å². The molecular weight excluding hydrogens is 713 g/mol. The van der Waals surface area contributed by atoms with Gasteiger partial charge in [0.25, 0.3) is 5.91 Å². The van der Waals surface area contributed by atoms with E-state index in [-0.39, 0.29) is 47.2 Å². The highest BCUT2D eigenvalue weighted by molar-refractivity contribution is 6.33. The third-order valence-corrected chi connectivity index (χ3v) is 9.14. The van der Waals surface area contributed by atoms with E-state index in [1.165, 1.54) is 18.2 Å². The van der Waals surface area contributed by atoms with Crippen molar-refractivity contribution in [2.75, 3.05) is 6.61 Å². The molecule has 1 aliphatic carbocycles. The molecule has 0 radical (unpaired) electrons. The average Bonchev–Trinajstić information content (AvgIpc) is 3.63. The Kier molecular flexibility index (Phi) is 9.44. The van der Waals surface area contributed by atoms with Crippen LogP contribution in [0, 0.1) is 5.41 Å². The number of hydrogen-bond donors (Lipinski definition) is 2. The van der Waals surface area contributed by atoms with Crippen LogP contribution in [0.5, 0.6) is 0 Å². The quantitative estimate of drug-likeness (QED) is 0.168. The first-order valence-corrected chi connectivity index (χ1v) is 16.4. The fourth-order valence-electron chi connectivity index (χ4n) is 6.23. The second-order valence-electron chi connectivity index (χ2n) is 13.8. The smallest absolute Gasteiger partial charge is 0.411 e. The number of rotatable bonds is 10. The minimum absolute atomic E-state index is 0.00383. The minimum atomic E-state index is -4.71. The summed E-state index contributed by atoms with van der Waals surface area (Å²) in [6, 6.07) is 11.4. The van der Waals surface area contributed by atoms with Gasteiger partial charge in [0, 0.05) is 23.5 Å². The molecule has 12 nitrogen and oxygen atoms in total. The second kappa shape index (κ2) is 13.4. The van der Waals surface area contributed by atoms with E-state index >= 15 is 0 Å². The van der Waals surface area contributed by atoms with Crippen molar-refractivity contribution in [3.8, 4) is 22.8 Å². The van der Waals surface area contributed by atoms with Crippen LogP contribution in [-0.2, 0) is 15.1 Å². The van der Waals surface area contributed by atoms with Crippen LogP contribution < -0.4 is 11.1 Å². The standard InChI is InChI=1S/C34H33ClF5N9O3/c1-31(2,3)17-33(21-8-5-19(6-9-21)25-42-13-4-14-43-25)27(50)49(29(41)45-33)24(16-52-30(51)46-32(11-12-32)34(38,39)40)20-7-10-23(35)22(15-20)26-47-44-18-48(26)28(36)37/h4-10,13-15,18,24,28H,11-12,16-17H2,1-3H3,(H2,41,45)(H,46,51)/t24-,33-/m1/s1. The van der Waals surface area contributed by atoms with Crippen LogP contribution in [0.4, 0.5) is 26.7 Å². The van der Waals surface area contributed by atoms with Crippen LogP contribution in [0.2, 0.25) is 5.02 Å². The number of ether oxygens (including phenoxy) is 1. The Morgan fingerprint density at radius 2 is 1.75 bits per heavy atom. The number of nitrogens with two attached hydrogens (primary N) is 1. The molecule has 6 rings (SSSR count). The number of nitrogens with zero attached hydrogens (tertiary/aromatic N) is 7. The van der Waals surface area contributed by atoms with Crippen molar-refractivity contribution in [3.05, 3.63) is 83.4 Å². The second-order valence-corrected chi connectivity index (χ2v) is 14.2. The normalized spacial score (nSPS) is 19.1. The first-order chi connectivity index (χ1) is 24.4. The number of carbonyl (C=O) groups excluding carboxylic acids is 2. The lowest BCUT2D eigenvalue weighted by atomic mass is 9.75. The predicted molar refractivity (Wildman–Crippen MR) is 179 cm³/mol. The van der Waals surface area contributed by atoms with Gasteiger partial charge in [0.05, 0.1) is 11.1 Å². The third-order valence-electron chi connectivity index (χ3n) is 8.81. The summed E-state index contributed by atoms with van der Waals surface area (Å²) in [4.78, 5) is 42.1.